The first-order valence-corrected chi connectivity index (χ1v) is 6.50. The van der Waals surface area contributed by atoms with Gasteiger partial charge in [0.05, 0.1) is 13.0 Å². The highest BCUT2D eigenvalue weighted by Gasteiger charge is 2.16. The first-order valence-electron chi connectivity index (χ1n) is 6.50. The Morgan fingerprint density at radius 2 is 1.40 bits per heavy atom. The van der Waals surface area contributed by atoms with Crippen molar-refractivity contribution < 1.29 is 24.2 Å². The van der Waals surface area contributed by atoms with Crippen LogP contribution in [0.2, 0.25) is 0 Å². The van der Waals surface area contributed by atoms with Crippen molar-refractivity contribution in [2.45, 2.75) is 66.1 Å². The topological polar surface area (TPSA) is 72.8 Å². The molecule has 0 aromatic carbocycles. The van der Waals surface area contributed by atoms with E-state index in [-0.39, 0.29) is 25.0 Å². The van der Waals surface area contributed by atoms with E-state index in [4.69, 9.17) is 14.6 Å². The molecule has 0 saturated carbocycles. The van der Waals surface area contributed by atoms with Crippen molar-refractivity contribution in [2.24, 2.45) is 0 Å². The van der Waals surface area contributed by atoms with Gasteiger partial charge in [-0.05, 0) is 48.5 Å². The number of aliphatic hydroxyl groups is 1. The number of aliphatic hydroxyl groups excluding tert-OH is 1. The second kappa shape index (κ2) is 8.74. The van der Waals surface area contributed by atoms with Crippen molar-refractivity contribution >= 4 is 11.9 Å². The van der Waals surface area contributed by atoms with Gasteiger partial charge in [-0.15, -0.1) is 0 Å². The van der Waals surface area contributed by atoms with Gasteiger partial charge in [-0.2, -0.15) is 0 Å². The maximum atomic E-state index is 10.8. The molecule has 0 fully saturated rings. The molecule has 20 heavy (non-hydrogen) atoms. The van der Waals surface area contributed by atoms with E-state index in [0.29, 0.717) is 5.57 Å². The second-order valence-electron chi connectivity index (χ2n) is 6.34. The smallest absolute Gasteiger partial charge is 0.333 e. The van der Waals surface area contributed by atoms with Gasteiger partial charge >= 0.3 is 11.9 Å². The molecule has 0 aliphatic heterocycles. The minimum absolute atomic E-state index is 0.0806. The van der Waals surface area contributed by atoms with Gasteiger partial charge in [0.15, 0.2) is 0 Å². The quantitative estimate of drug-likeness (QED) is 0.638. The van der Waals surface area contributed by atoms with Crippen LogP contribution in [0.25, 0.3) is 0 Å². The van der Waals surface area contributed by atoms with E-state index < -0.39 is 11.2 Å². The number of esters is 2. The van der Waals surface area contributed by atoms with Crippen LogP contribution < -0.4 is 0 Å². The van der Waals surface area contributed by atoms with E-state index in [1.165, 1.54) is 0 Å². The molecule has 0 radical (unpaired) electrons. The number of rotatable bonds is 3. The summed E-state index contributed by atoms with van der Waals surface area (Å²) in [7, 11) is 0. The van der Waals surface area contributed by atoms with Crippen LogP contribution in [0, 0.1) is 0 Å². The highest BCUT2D eigenvalue weighted by Crippen LogP contribution is 2.09. The van der Waals surface area contributed by atoms with E-state index in [0.717, 1.165) is 0 Å². The van der Waals surface area contributed by atoms with Crippen molar-refractivity contribution in [1.29, 1.82) is 0 Å². The molecule has 118 valence electrons. The summed E-state index contributed by atoms with van der Waals surface area (Å²) in [5.41, 5.74) is -0.405. The summed E-state index contributed by atoms with van der Waals surface area (Å²) >= 11 is 0. The number of hydrogen-bond acceptors (Lipinski definition) is 5. The number of ether oxygens (including phenoxy) is 2. The molecule has 0 saturated heterocycles. The van der Waals surface area contributed by atoms with Crippen LogP contribution in [0.3, 0.4) is 0 Å². The van der Waals surface area contributed by atoms with Crippen molar-refractivity contribution in [1.82, 2.24) is 0 Å². The Bertz CT molecular complexity index is 331. The van der Waals surface area contributed by atoms with Crippen LogP contribution in [-0.2, 0) is 19.1 Å². The van der Waals surface area contributed by atoms with Gasteiger partial charge in [0.1, 0.15) is 11.2 Å². The van der Waals surface area contributed by atoms with Crippen molar-refractivity contribution in [3.8, 4) is 0 Å². The summed E-state index contributed by atoms with van der Waals surface area (Å²) in [6, 6.07) is 0. The van der Waals surface area contributed by atoms with Gasteiger partial charge in [-0.1, -0.05) is 6.58 Å². The van der Waals surface area contributed by atoms with E-state index in [1.807, 2.05) is 20.8 Å². The Hall–Kier alpha value is -1.36. The molecular formula is C15H28O5. The highest BCUT2D eigenvalue weighted by atomic mass is 16.6. The van der Waals surface area contributed by atoms with Gasteiger partial charge in [0.25, 0.3) is 0 Å². The minimum atomic E-state index is -0.438. The monoisotopic (exact) mass is 288 g/mol. The lowest BCUT2D eigenvalue weighted by Gasteiger charge is -2.19. The maximum Gasteiger partial charge on any atom is 0.333 e. The zero-order chi connectivity index (χ0) is 16.6. The van der Waals surface area contributed by atoms with Crippen LogP contribution in [-0.4, -0.2) is 34.9 Å². The summed E-state index contributed by atoms with van der Waals surface area (Å²) < 4.78 is 9.84. The lowest BCUT2D eigenvalue weighted by molar-refractivity contribution is -0.155. The van der Waals surface area contributed by atoms with Crippen LogP contribution in [0.4, 0.5) is 0 Å². The second-order valence-corrected chi connectivity index (χ2v) is 6.34. The molecule has 0 aromatic heterocycles. The molecule has 1 N–H and O–H groups in total. The normalized spacial score (nSPS) is 11.0. The van der Waals surface area contributed by atoms with E-state index in [9.17, 15) is 9.59 Å². The van der Waals surface area contributed by atoms with E-state index >= 15 is 0 Å². The Morgan fingerprint density at radius 3 is 1.60 bits per heavy atom. The van der Waals surface area contributed by atoms with Gasteiger partial charge in [0.2, 0.25) is 0 Å². The number of hydrogen-bond donors (Lipinski definition) is 1. The molecule has 5 heteroatoms. The summed E-state index contributed by atoms with van der Waals surface area (Å²) in [6.07, 6.45) is 0.0806. The fraction of sp³-hybridized carbons (Fsp3) is 0.733. The molecule has 0 bridgehead atoms. The third-order valence-electron chi connectivity index (χ3n) is 1.48. The van der Waals surface area contributed by atoms with Gasteiger partial charge in [0, 0.05) is 5.57 Å². The molecule has 0 heterocycles. The Morgan fingerprint density at radius 1 is 1.00 bits per heavy atom. The summed E-state index contributed by atoms with van der Waals surface area (Å²) in [5.74, 6) is -0.678. The van der Waals surface area contributed by atoms with Gasteiger partial charge in [-0.25, -0.2) is 4.79 Å². The highest BCUT2D eigenvalue weighted by molar-refractivity contribution is 5.87. The van der Waals surface area contributed by atoms with Gasteiger partial charge in [-0.3, -0.25) is 4.79 Å². The fourth-order valence-electron chi connectivity index (χ4n) is 0.849. The predicted octanol–water partition coefficient (Wildman–Crippen LogP) is 2.61. The average Bonchev–Trinajstić information content (AvgIpc) is 2.12. The zero-order valence-electron chi connectivity index (χ0n) is 13.7. The lowest BCUT2D eigenvalue weighted by atomic mass is 10.2. The predicted molar refractivity (Wildman–Crippen MR) is 78.2 cm³/mol. The third kappa shape index (κ3) is 16.6. The third-order valence-corrected chi connectivity index (χ3v) is 1.48. The molecule has 5 nitrogen and oxygen atoms in total. The molecule has 0 aromatic rings. The largest absolute Gasteiger partial charge is 0.460 e. The Labute approximate surface area is 122 Å². The molecule has 0 unspecified atom stereocenters. The standard InChI is InChI=1S/C8H14O2.C7H14O3/c1-6(2)7(9)10-8(3,4)5;1-7(2,3)10-6(9)4-5-8/h1H2,2-5H3;8H,4-5H2,1-3H3. The lowest BCUT2D eigenvalue weighted by Crippen LogP contribution is -2.24. The Balaban J connectivity index is 0. The zero-order valence-corrected chi connectivity index (χ0v) is 13.7. The Kier molecular flexibility index (Phi) is 9.15. The molecular weight excluding hydrogens is 260 g/mol. The summed E-state index contributed by atoms with van der Waals surface area (Å²) in [4.78, 5) is 21.5. The number of carbonyl (C=O) groups is 2. The van der Waals surface area contributed by atoms with Crippen LogP contribution in [0.5, 0.6) is 0 Å². The summed E-state index contributed by atoms with van der Waals surface area (Å²) in [6.45, 7) is 15.8. The van der Waals surface area contributed by atoms with Crippen LogP contribution >= 0.6 is 0 Å². The van der Waals surface area contributed by atoms with Crippen molar-refractivity contribution in [3.05, 3.63) is 12.2 Å². The SMILES string of the molecule is C=C(C)C(=O)OC(C)(C)C.CC(C)(C)OC(=O)CCO. The molecule has 0 aliphatic carbocycles. The van der Waals surface area contributed by atoms with Crippen molar-refractivity contribution in [3.63, 3.8) is 0 Å². The molecule has 0 amide bonds. The van der Waals surface area contributed by atoms with Gasteiger partial charge < -0.3 is 14.6 Å². The van der Waals surface area contributed by atoms with Crippen LogP contribution in [0.1, 0.15) is 54.9 Å². The molecule has 0 spiro atoms. The van der Waals surface area contributed by atoms with Crippen LogP contribution in [0.15, 0.2) is 12.2 Å². The fourth-order valence-corrected chi connectivity index (χ4v) is 0.849. The minimum Gasteiger partial charge on any atom is -0.460 e. The molecule has 0 rings (SSSR count). The average molecular weight is 288 g/mol. The molecule has 0 atom stereocenters. The van der Waals surface area contributed by atoms with E-state index in [1.54, 1.807) is 27.7 Å². The summed E-state index contributed by atoms with van der Waals surface area (Å²) in [5, 5.41) is 8.33. The number of carbonyl (C=O) groups excluding carboxylic acids is 2. The van der Waals surface area contributed by atoms with Crippen molar-refractivity contribution in [2.75, 3.05) is 6.61 Å². The first-order chi connectivity index (χ1) is 8.78. The maximum absolute atomic E-state index is 10.8. The molecule has 0 aliphatic rings. The first kappa shape index (κ1) is 20.9. The van der Waals surface area contributed by atoms with E-state index in [2.05, 4.69) is 6.58 Å².